The number of hydrogen-bond acceptors (Lipinski definition) is 10. The van der Waals surface area contributed by atoms with Crippen LogP contribution in [0.1, 0.15) is 10.4 Å². The average Bonchev–Trinajstić information content (AvgIpc) is 3.72. The highest BCUT2D eigenvalue weighted by Crippen LogP contribution is 2.26. The zero-order valence-corrected chi connectivity index (χ0v) is 24.8. The van der Waals surface area contributed by atoms with Crippen LogP contribution in [0, 0.1) is 11.6 Å². The quantitative estimate of drug-likeness (QED) is 0.223. The van der Waals surface area contributed by atoms with Crippen LogP contribution >= 0.6 is 0 Å². The number of amides is 1. The fourth-order valence-corrected chi connectivity index (χ4v) is 5.70. The minimum Gasteiger partial charge on any atom is -0.617 e. The Labute approximate surface area is 252 Å². The molecule has 1 aliphatic rings. The Morgan fingerprint density at radius 2 is 1.91 bits per heavy atom. The first-order valence-electron chi connectivity index (χ1n) is 13.8. The van der Waals surface area contributed by atoms with Crippen LogP contribution in [0.2, 0.25) is 0 Å². The number of fused-ring (bicyclic) bond motifs is 3. The molecule has 0 radical (unpaired) electrons. The van der Waals surface area contributed by atoms with Crippen LogP contribution in [0.25, 0.3) is 28.4 Å². The fraction of sp³-hybridized carbons (Fsp3) is 0.370. The van der Waals surface area contributed by atoms with Gasteiger partial charge in [0.25, 0.3) is 5.91 Å². The van der Waals surface area contributed by atoms with Gasteiger partial charge in [-0.2, -0.15) is 9.50 Å². The van der Waals surface area contributed by atoms with Gasteiger partial charge in [0, 0.05) is 52.4 Å². The molecule has 44 heavy (non-hydrogen) atoms. The van der Waals surface area contributed by atoms with Crippen molar-refractivity contribution < 1.29 is 22.5 Å². The molecule has 0 spiro atoms. The maximum Gasteiger partial charge on any atom is 0.330 e. The van der Waals surface area contributed by atoms with Crippen molar-refractivity contribution in [1.82, 2.24) is 38.9 Å². The number of halogens is 2. The molecule has 0 unspecified atom stereocenters. The zero-order chi connectivity index (χ0) is 31.1. The molecule has 6 rings (SSSR count). The van der Waals surface area contributed by atoms with Crippen molar-refractivity contribution in [1.29, 1.82) is 0 Å². The van der Waals surface area contributed by atoms with E-state index in [0.717, 1.165) is 0 Å². The number of rotatable bonds is 9. The van der Waals surface area contributed by atoms with Crippen LogP contribution < -0.4 is 21.6 Å². The summed E-state index contributed by atoms with van der Waals surface area (Å²) in [6.07, 6.45) is 3.02. The van der Waals surface area contributed by atoms with E-state index < -0.39 is 28.7 Å². The molecule has 5 heterocycles. The van der Waals surface area contributed by atoms with E-state index in [0.29, 0.717) is 73.7 Å². The first-order chi connectivity index (χ1) is 21.1. The third-order valence-electron chi connectivity index (χ3n) is 7.63. The number of carbonyl (C=O) groups is 1. The number of furan rings is 1. The molecule has 232 valence electrons. The predicted octanol–water partition coefficient (Wildman–Crippen LogP) is 0.829. The number of nitrogens with two attached hydrogens (primary N) is 1. The van der Waals surface area contributed by atoms with Crippen molar-refractivity contribution >= 4 is 45.5 Å². The predicted molar refractivity (Wildman–Crippen MR) is 160 cm³/mol. The minimum atomic E-state index is -1.11. The number of piperazine rings is 1. The van der Waals surface area contributed by atoms with Crippen molar-refractivity contribution in [2.75, 3.05) is 61.9 Å². The van der Waals surface area contributed by atoms with Crippen LogP contribution in [0.5, 0.6) is 0 Å². The molecule has 1 fully saturated rings. The van der Waals surface area contributed by atoms with Crippen LogP contribution in [0.4, 0.5) is 20.4 Å². The minimum absolute atomic E-state index is 0.0699. The molecular weight excluding hydrogens is 598 g/mol. The highest BCUT2D eigenvalue weighted by Gasteiger charge is 2.25. The normalized spacial score (nSPS) is 15.0. The van der Waals surface area contributed by atoms with E-state index in [-0.39, 0.29) is 35.2 Å². The molecule has 1 aromatic carbocycles. The lowest BCUT2D eigenvalue weighted by Crippen LogP contribution is -2.48. The van der Waals surface area contributed by atoms with Crippen LogP contribution in [0.15, 0.2) is 39.7 Å². The van der Waals surface area contributed by atoms with E-state index in [1.165, 1.54) is 32.2 Å². The summed E-state index contributed by atoms with van der Waals surface area (Å²) >= 11 is -1.11. The van der Waals surface area contributed by atoms with Gasteiger partial charge in [-0.25, -0.2) is 18.6 Å². The van der Waals surface area contributed by atoms with Gasteiger partial charge in [-0.1, -0.05) is 11.2 Å². The molecular formula is C27H30F2N10O4S. The molecule has 5 aromatic rings. The molecule has 14 nitrogen and oxygen atoms in total. The van der Waals surface area contributed by atoms with Gasteiger partial charge in [-0.15, -0.1) is 5.10 Å². The second-order valence-electron chi connectivity index (χ2n) is 10.4. The summed E-state index contributed by atoms with van der Waals surface area (Å²) in [6, 6.07) is 5.37. The Morgan fingerprint density at radius 3 is 2.61 bits per heavy atom. The molecule has 17 heteroatoms. The van der Waals surface area contributed by atoms with E-state index in [1.807, 2.05) is 0 Å². The number of benzene rings is 1. The summed E-state index contributed by atoms with van der Waals surface area (Å²) in [5.41, 5.74) is 7.01. The van der Waals surface area contributed by atoms with Crippen molar-refractivity contribution in [3.63, 3.8) is 0 Å². The van der Waals surface area contributed by atoms with E-state index in [2.05, 4.69) is 25.3 Å². The number of imidazole rings is 1. The SMILES string of the molecule is Cn1c(=O)n(CCN2CCN(c3cc(C(=O)NCC[S@@+](C)[O-])c(F)cc3F)CC2)c2nc(N)n3nc(-c4ccco4)nc3c21. The van der Waals surface area contributed by atoms with E-state index in [1.54, 1.807) is 24.1 Å². The number of anilines is 2. The van der Waals surface area contributed by atoms with Gasteiger partial charge in [-0.3, -0.25) is 18.8 Å². The Kier molecular flexibility index (Phi) is 8.00. The monoisotopic (exact) mass is 628 g/mol. The average molecular weight is 629 g/mol. The first-order valence-corrected chi connectivity index (χ1v) is 15.5. The summed E-state index contributed by atoms with van der Waals surface area (Å²) in [6.45, 7) is 2.85. The van der Waals surface area contributed by atoms with E-state index in [4.69, 9.17) is 10.2 Å². The lowest BCUT2D eigenvalue weighted by molar-refractivity contribution is 0.0952. The second kappa shape index (κ2) is 11.9. The summed E-state index contributed by atoms with van der Waals surface area (Å²) in [7, 11) is 1.63. The van der Waals surface area contributed by atoms with Crippen LogP contribution in [-0.4, -0.2) is 95.4 Å². The molecule has 1 saturated heterocycles. The molecule has 1 atom stereocenters. The molecule has 0 aliphatic carbocycles. The fourth-order valence-electron chi connectivity index (χ4n) is 5.31. The van der Waals surface area contributed by atoms with Crippen molar-refractivity contribution in [2.45, 2.75) is 6.54 Å². The highest BCUT2D eigenvalue weighted by molar-refractivity contribution is 7.90. The maximum atomic E-state index is 14.8. The Hall–Kier alpha value is -4.48. The van der Waals surface area contributed by atoms with Crippen molar-refractivity contribution in [3.8, 4) is 11.6 Å². The number of aromatic nitrogens is 6. The smallest absolute Gasteiger partial charge is 0.330 e. The van der Waals surface area contributed by atoms with Gasteiger partial charge in [0.1, 0.15) is 22.9 Å². The number of hydrogen-bond donors (Lipinski definition) is 2. The standard InChI is InChI=1S/C27H30F2N10O4S/c1-35-21-23(33-26(30)39-24(21)32-22(34-39)20-4-3-12-43-20)38(27(35)41)11-8-36-6-9-37(10-7-36)19-14-16(17(28)15-18(19)29)25(40)31-5-13-44(2)42/h3-4,12,14-15H,5-11,13H2,1-2H3,(H2,30,33)(H,31,40)/t44-/m1/s1. The van der Waals surface area contributed by atoms with Gasteiger partial charge in [0.05, 0.1) is 30.3 Å². The van der Waals surface area contributed by atoms with Crippen LogP contribution in [0.3, 0.4) is 0 Å². The second-order valence-corrected chi connectivity index (χ2v) is 12.0. The third-order valence-corrected chi connectivity index (χ3v) is 8.41. The number of nitrogens with zero attached hydrogens (tertiary/aromatic N) is 8. The summed E-state index contributed by atoms with van der Waals surface area (Å²) in [5, 5.41) is 6.91. The molecule has 4 aromatic heterocycles. The van der Waals surface area contributed by atoms with Crippen molar-refractivity contribution in [2.24, 2.45) is 7.05 Å². The van der Waals surface area contributed by atoms with Crippen molar-refractivity contribution in [3.05, 3.63) is 58.2 Å². The summed E-state index contributed by atoms with van der Waals surface area (Å²) in [5.74, 6) is -1.35. The molecule has 0 bridgehead atoms. The lowest BCUT2D eigenvalue weighted by Gasteiger charge is -2.36. The molecule has 1 aliphatic heterocycles. The van der Waals surface area contributed by atoms with Gasteiger partial charge in [0.15, 0.2) is 17.1 Å². The van der Waals surface area contributed by atoms with Gasteiger partial charge >= 0.3 is 5.69 Å². The Bertz CT molecular complexity index is 1890. The number of nitrogens with one attached hydrogen (secondary N) is 1. The maximum absolute atomic E-state index is 14.8. The Balaban J connectivity index is 1.15. The lowest BCUT2D eigenvalue weighted by atomic mass is 10.1. The highest BCUT2D eigenvalue weighted by atomic mass is 32.2. The first kappa shape index (κ1) is 29.6. The van der Waals surface area contributed by atoms with Crippen LogP contribution in [-0.2, 0) is 24.8 Å². The molecule has 0 saturated carbocycles. The Morgan fingerprint density at radius 1 is 1.14 bits per heavy atom. The number of nitrogen functional groups attached to an aromatic ring is 1. The largest absolute Gasteiger partial charge is 0.617 e. The number of carbonyl (C=O) groups excluding carboxylic acids is 1. The summed E-state index contributed by atoms with van der Waals surface area (Å²) in [4.78, 5) is 38.6. The van der Waals surface area contributed by atoms with E-state index >= 15 is 0 Å². The molecule has 3 N–H and O–H groups in total. The topological polar surface area (TPSA) is 168 Å². The molecule has 1 amide bonds. The number of aryl methyl sites for hydroxylation is 1. The summed E-state index contributed by atoms with van der Waals surface area (Å²) < 4.78 is 50.3. The third kappa shape index (κ3) is 5.48. The van der Waals surface area contributed by atoms with E-state index in [9.17, 15) is 22.9 Å². The van der Waals surface area contributed by atoms with Gasteiger partial charge in [0.2, 0.25) is 11.8 Å². The van der Waals surface area contributed by atoms with Gasteiger partial charge in [-0.05, 0) is 18.2 Å². The van der Waals surface area contributed by atoms with Gasteiger partial charge < -0.3 is 24.9 Å². The zero-order valence-electron chi connectivity index (χ0n) is 24.0.